The predicted molar refractivity (Wildman–Crippen MR) is 220 cm³/mol. The zero-order chi connectivity index (χ0) is 35.6. The molecule has 6 nitrogen and oxygen atoms in total. The van der Waals surface area contributed by atoms with Gasteiger partial charge in [-0.3, -0.25) is 4.57 Å². The van der Waals surface area contributed by atoms with Crippen molar-refractivity contribution >= 4 is 54.5 Å². The van der Waals surface area contributed by atoms with Crippen LogP contribution in [0.2, 0.25) is 0 Å². The Balaban J connectivity index is 1.16. The molecule has 11 aromatic rings. The van der Waals surface area contributed by atoms with Gasteiger partial charge in [0.15, 0.2) is 17.5 Å². The Labute approximate surface area is 310 Å². The van der Waals surface area contributed by atoms with Gasteiger partial charge in [0, 0.05) is 55.8 Å². The van der Waals surface area contributed by atoms with Crippen LogP contribution in [-0.2, 0) is 0 Å². The van der Waals surface area contributed by atoms with E-state index in [0.29, 0.717) is 17.5 Å². The molecule has 0 saturated heterocycles. The number of fused-ring (bicyclic) bond motifs is 7. The van der Waals surface area contributed by atoms with Crippen LogP contribution in [-0.4, -0.2) is 29.1 Å². The third-order valence-electron chi connectivity index (χ3n) is 10.4. The van der Waals surface area contributed by atoms with Crippen molar-refractivity contribution in [1.29, 1.82) is 0 Å². The SMILES string of the molecule is c1ccc(-c2nc(-c3ccc4ccccc4c3)nc(-c3ccc4c(c3)c3cc(-n5c6ccccc6c6cccnc65)ccc3n4-c3ccccc3)n2)cc1. The second kappa shape index (κ2) is 12.1. The lowest BCUT2D eigenvalue weighted by Gasteiger charge is -2.10. The molecule has 252 valence electrons. The maximum Gasteiger partial charge on any atom is 0.164 e. The van der Waals surface area contributed by atoms with Crippen LogP contribution < -0.4 is 0 Å². The molecular formula is C48H30N6. The van der Waals surface area contributed by atoms with Crippen molar-refractivity contribution in [3.8, 4) is 45.5 Å². The van der Waals surface area contributed by atoms with Gasteiger partial charge in [-0.25, -0.2) is 19.9 Å². The highest BCUT2D eigenvalue weighted by Crippen LogP contribution is 2.38. The van der Waals surface area contributed by atoms with E-state index in [0.717, 1.165) is 71.8 Å². The third-order valence-corrected chi connectivity index (χ3v) is 10.4. The molecule has 0 unspecified atom stereocenters. The van der Waals surface area contributed by atoms with Gasteiger partial charge in [-0.15, -0.1) is 0 Å². The average Bonchev–Trinajstić information content (AvgIpc) is 3.76. The number of hydrogen-bond acceptors (Lipinski definition) is 4. The topological polar surface area (TPSA) is 61.4 Å². The first-order chi connectivity index (χ1) is 26.8. The standard InChI is InChI=1S/C48H30N6/c1-3-13-32(14-4-1)45-50-46(34-22-21-31-12-7-8-15-33(31)28-34)52-47(51-45)35-23-25-43-40(29-35)41-30-37(24-26-44(41)53(43)36-16-5-2-6-17-36)54-42-20-10-9-18-38(42)39-19-11-27-49-48(39)54/h1-30H. The molecule has 0 amide bonds. The number of para-hydroxylation sites is 2. The van der Waals surface area contributed by atoms with E-state index in [4.69, 9.17) is 19.9 Å². The van der Waals surface area contributed by atoms with Crippen LogP contribution in [0.4, 0.5) is 0 Å². The quantitative estimate of drug-likeness (QED) is 0.180. The number of rotatable bonds is 5. The van der Waals surface area contributed by atoms with Crippen LogP contribution in [0, 0.1) is 0 Å². The molecule has 0 spiro atoms. The molecule has 6 heteroatoms. The number of aromatic nitrogens is 6. The Morgan fingerprint density at radius 1 is 0.333 bits per heavy atom. The van der Waals surface area contributed by atoms with E-state index in [1.807, 2.05) is 42.6 Å². The lowest BCUT2D eigenvalue weighted by Crippen LogP contribution is -2.00. The minimum absolute atomic E-state index is 0.622. The molecule has 4 heterocycles. The van der Waals surface area contributed by atoms with Gasteiger partial charge in [-0.1, -0.05) is 103 Å². The van der Waals surface area contributed by atoms with Gasteiger partial charge in [0.25, 0.3) is 0 Å². The highest BCUT2D eigenvalue weighted by molar-refractivity contribution is 6.12. The third kappa shape index (κ3) is 4.81. The first kappa shape index (κ1) is 30.2. The lowest BCUT2D eigenvalue weighted by molar-refractivity contribution is 1.07. The average molecular weight is 691 g/mol. The Morgan fingerprint density at radius 3 is 1.74 bits per heavy atom. The fraction of sp³-hybridized carbons (Fsp3) is 0. The first-order valence-corrected chi connectivity index (χ1v) is 18.1. The highest BCUT2D eigenvalue weighted by atomic mass is 15.1. The Hall–Kier alpha value is -7.44. The molecule has 0 fully saturated rings. The van der Waals surface area contributed by atoms with Crippen molar-refractivity contribution in [1.82, 2.24) is 29.1 Å². The first-order valence-electron chi connectivity index (χ1n) is 18.1. The smallest absolute Gasteiger partial charge is 0.164 e. The summed E-state index contributed by atoms with van der Waals surface area (Å²) in [7, 11) is 0. The van der Waals surface area contributed by atoms with Crippen LogP contribution >= 0.6 is 0 Å². The molecule has 0 aliphatic carbocycles. The molecule has 0 atom stereocenters. The Bertz CT molecular complexity index is 3160. The molecule has 0 aliphatic heterocycles. The van der Waals surface area contributed by atoms with Gasteiger partial charge in [0.1, 0.15) is 5.65 Å². The summed E-state index contributed by atoms with van der Waals surface area (Å²) in [4.78, 5) is 20.1. The molecule has 0 radical (unpaired) electrons. The summed E-state index contributed by atoms with van der Waals surface area (Å²) in [5, 5.41) is 6.87. The van der Waals surface area contributed by atoms with Gasteiger partial charge in [0.2, 0.25) is 0 Å². The Kier molecular flexibility index (Phi) is 6.75. The number of hydrogen-bond donors (Lipinski definition) is 0. The molecule has 11 rings (SSSR count). The van der Waals surface area contributed by atoms with Gasteiger partial charge < -0.3 is 4.57 Å². The second-order valence-electron chi connectivity index (χ2n) is 13.6. The van der Waals surface area contributed by atoms with Gasteiger partial charge >= 0.3 is 0 Å². The van der Waals surface area contributed by atoms with Gasteiger partial charge in [0.05, 0.1) is 16.6 Å². The van der Waals surface area contributed by atoms with Crippen molar-refractivity contribution in [3.05, 3.63) is 182 Å². The van der Waals surface area contributed by atoms with E-state index in [2.05, 4.69) is 149 Å². The van der Waals surface area contributed by atoms with E-state index >= 15 is 0 Å². The summed E-state index contributed by atoms with van der Waals surface area (Å²) in [5.41, 5.74) is 9.23. The summed E-state index contributed by atoms with van der Waals surface area (Å²) < 4.78 is 4.61. The largest absolute Gasteiger partial charge is 0.309 e. The minimum atomic E-state index is 0.622. The second-order valence-corrected chi connectivity index (χ2v) is 13.6. The van der Waals surface area contributed by atoms with Crippen LogP contribution in [0.5, 0.6) is 0 Å². The zero-order valence-corrected chi connectivity index (χ0v) is 29.0. The van der Waals surface area contributed by atoms with Crippen molar-refractivity contribution in [2.75, 3.05) is 0 Å². The maximum absolute atomic E-state index is 5.14. The summed E-state index contributed by atoms with van der Waals surface area (Å²) in [6, 6.07) is 61.4. The molecule has 0 saturated carbocycles. The van der Waals surface area contributed by atoms with Crippen molar-refractivity contribution in [2.45, 2.75) is 0 Å². The van der Waals surface area contributed by atoms with Crippen LogP contribution in [0.3, 0.4) is 0 Å². The van der Waals surface area contributed by atoms with Crippen molar-refractivity contribution in [2.24, 2.45) is 0 Å². The molecule has 0 aliphatic rings. The predicted octanol–water partition coefficient (Wildman–Crippen LogP) is 11.6. The summed E-state index contributed by atoms with van der Waals surface area (Å²) in [5.74, 6) is 1.89. The fourth-order valence-corrected chi connectivity index (χ4v) is 7.88. The molecule has 7 aromatic carbocycles. The molecular weight excluding hydrogens is 661 g/mol. The van der Waals surface area contributed by atoms with E-state index < -0.39 is 0 Å². The van der Waals surface area contributed by atoms with E-state index in [1.165, 1.54) is 10.8 Å². The monoisotopic (exact) mass is 690 g/mol. The van der Waals surface area contributed by atoms with E-state index in [-0.39, 0.29) is 0 Å². The van der Waals surface area contributed by atoms with Crippen LogP contribution in [0.15, 0.2) is 182 Å². The summed E-state index contributed by atoms with van der Waals surface area (Å²) >= 11 is 0. The van der Waals surface area contributed by atoms with Gasteiger partial charge in [-0.2, -0.15) is 0 Å². The zero-order valence-electron chi connectivity index (χ0n) is 29.0. The molecule has 0 bridgehead atoms. The van der Waals surface area contributed by atoms with Gasteiger partial charge in [-0.05, 0) is 83.6 Å². The highest BCUT2D eigenvalue weighted by Gasteiger charge is 2.19. The number of pyridine rings is 1. The molecule has 4 aromatic heterocycles. The summed E-state index contributed by atoms with van der Waals surface area (Å²) in [6.45, 7) is 0. The lowest BCUT2D eigenvalue weighted by atomic mass is 10.1. The Morgan fingerprint density at radius 2 is 0.926 bits per heavy atom. The van der Waals surface area contributed by atoms with Crippen LogP contribution in [0.25, 0.3) is 100 Å². The maximum atomic E-state index is 5.14. The van der Waals surface area contributed by atoms with Crippen molar-refractivity contribution < 1.29 is 0 Å². The van der Waals surface area contributed by atoms with Crippen molar-refractivity contribution in [3.63, 3.8) is 0 Å². The number of nitrogens with zero attached hydrogens (tertiary/aromatic N) is 6. The normalized spacial score (nSPS) is 11.7. The molecule has 0 N–H and O–H groups in total. The van der Waals surface area contributed by atoms with Crippen LogP contribution in [0.1, 0.15) is 0 Å². The molecule has 54 heavy (non-hydrogen) atoms. The minimum Gasteiger partial charge on any atom is -0.309 e. The summed E-state index contributed by atoms with van der Waals surface area (Å²) in [6.07, 6.45) is 1.87. The van der Waals surface area contributed by atoms with E-state index in [1.54, 1.807) is 0 Å². The van der Waals surface area contributed by atoms with E-state index in [9.17, 15) is 0 Å². The number of benzene rings is 7. The fourth-order valence-electron chi connectivity index (χ4n) is 7.88.